The van der Waals surface area contributed by atoms with Gasteiger partial charge < -0.3 is 9.47 Å². The third-order valence-electron chi connectivity index (χ3n) is 2.81. The van der Waals surface area contributed by atoms with E-state index in [4.69, 9.17) is 0 Å². The number of hydrogen-bond acceptors (Lipinski definition) is 1. The van der Waals surface area contributed by atoms with Crippen LogP contribution in [0.3, 0.4) is 0 Å². The monoisotopic (exact) mass is 202 g/mol. The quantitative estimate of drug-likeness (QED) is 0.741. The van der Waals surface area contributed by atoms with Crippen molar-refractivity contribution in [2.45, 2.75) is 6.42 Å². The van der Waals surface area contributed by atoms with E-state index in [-0.39, 0.29) is 0 Å². The summed E-state index contributed by atoms with van der Waals surface area (Å²) < 4.78 is 2.21. The molecule has 2 nitrogen and oxygen atoms in total. The van der Waals surface area contributed by atoms with Crippen molar-refractivity contribution in [1.82, 2.24) is 9.47 Å². The van der Waals surface area contributed by atoms with Gasteiger partial charge in [0.15, 0.2) is 0 Å². The highest BCUT2D eigenvalue weighted by Gasteiger charge is 2.05. The van der Waals surface area contributed by atoms with Gasteiger partial charge in [0.05, 0.1) is 0 Å². The van der Waals surface area contributed by atoms with Crippen LogP contribution in [0.5, 0.6) is 0 Å². The minimum atomic E-state index is 1.11. The fourth-order valence-corrected chi connectivity index (χ4v) is 1.97. The molecule has 0 atom stereocenters. The summed E-state index contributed by atoms with van der Waals surface area (Å²) in [5.74, 6) is 0. The van der Waals surface area contributed by atoms with E-state index in [1.807, 2.05) is 0 Å². The number of nitrogens with zero attached hydrogens (tertiary/aromatic N) is 2. The first-order valence-electron chi connectivity index (χ1n) is 5.36. The van der Waals surface area contributed by atoms with Gasteiger partial charge in [0.25, 0.3) is 0 Å². The Kier molecular flexibility index (Phi) is 2.78. The molecule has 0 aliphatic rings. The Balaban J connectivity index is 2.35. The minimum Gasteiger partial charge on any atom is -0.350 e. The van der Waals surface area contributed by atoms with E-state index in [2.05, 4.69) is 61.1 Å². The second-order valence-electron chi connectivity index (χ2n) is 4.34. The average molecular weight is 202 g/mol. The number of aryl methyl sites for hydroxylation is 1. The molecule has 15 heavy (non-hydrogen) atoms. The first-order valence-corrected chi connectivity index (χ1v) is 5.36. The summed E-state index contributed by atoms with van der Waals surface area (Å²) in [5.41, 5.74) is 2.77. The Labute approximate surface area is 91.1 Å². The van der Waals surface area contributed by atoms with Gasteiger partial charge in [-0.3, -0.25) is 0 Å². The van der Waals surface area contributed by atoms with Crippen molar-refractivity contribution < 1.29 is 0 Å². The molecule has 0 radical (unpaired) electrons. The lowest BCUT2D eigenvalue weighted by atomic mass is 10.1. The van der Waals surface area contributed by atoms with Gasteiger partial charge in [0, 0.05) is 30.7 Å². The highest BCUT2D eigenvalue weighted by molar-refractivity contribution is 5.83. The van der Waals surface area contributed by atoms with Crippen molar-refractivity contribution in [3.05, 3.63) is 36.0 Å². The smallest absolute Gasteiger partial charge is 0.0480 e. The van der Waals surface area contributed by atoms with Crippen molar-refractivity contribution in [2.75, 3.05) is 20.6 Å². The summed E-state index contributed by atoms with van der Waals surface area (Å²) in [6.45, 7) is 1.11. The molecule has 80 valence electrons. The fraction of sp³-hybridized carbons (Fsp3) is 0.385. The molecule has 0 unspecified atom stereocenters. The first-order chi connectivity index (χ1) is 7.18. The molecule has 2 aromatic rings. The molecule has 0 fully saturated rings. The van der Waals surface area contributed by atoms with Crippen LogP contribution in [-0.4, -0.2) is 30.1 Å². The number of aromatic nitrogens is 1. The Hall–Kier alpha value is -1.28. The topological polar surface area (TPSA) is 8.17 Å². The van der Waals surface area contributed by atoms with E-state index >= 15 is 0 Å². The third-order valence-corrected chi connectivity index (χ3v) is 2.81. The van der Waals surface area contributed by atoms with Gasteiger partial charge in [0.1, 0.15) is 0 Å². The zero-order valence-corrected chi connectivity index (χ0v) is 9.70. The average Bonchev–Trinajstić information content (AvgIpc) is 2.54. The number of benzene rings is 1. The van der Waals surface area contributed by atoms with Crippen molar-refractivity contribution in [3.63, 3.8) is 0 Å². The molecule has 0 aliphatic carbocycles. The summed E-state index contributed by atoms with van der Waals surface area (Å²) in [5, 5.41) is 1.39. The lowest BCUT2D eigenvalue weighted by Crippen LogP contribution is -2.14. The van der Waals surface area contributed by atoms with Gasteiger partial charge >= 0.3 is 0 Å². The molecule has 1 heterocycles. The maximum atomic E-state index is 2.24. The Morgan fingerprint density at radius 2 is 1.93 bits per heavy atom. The molecule has 0 aliphatic heterocycles. The van der Waals surface area contributed by atoms with Gasteiger partial charge in [-0.2, -0.15) is 0 Å². The van der Waals surface area contributed by atoms with Crippen LogP contribution in [0.4, 0.5) is 0 Å². The molecule has 0 spiro atoms. The zero-order valence-electron chi connectivity index (χ0n) is 9.70. The van der Waals surface area contributed by atoms with E-state index in [9.17, 15) is 0 Å². The lowest BCUT2D eigenvalue weighted by Gasteiger charge is -2.07. The van der Waals surface area contributed by atoms with Crippen LogP contribution in [0.15, 0.2) is 30.5 Å². The summed E-state index contributed by atoms with van der Waals surface area (Å²) >= 11 is 0. The molecule has 2 heteroatoms. The minimum absolute atomic E-state index is 1.11. The number of para-hydroxylation sites is 1. The molecule has 0 amide bonds. The highest BCUT2D eigenvalue weighted by Crippen LogP contribution is 2.20. The molecule has 1 aromatic carbocycles. The van der Waals surface area contributed by atoms with Crippen molar-refractivity contribution in [3.8, 4) is 0 Å². The second kappa shape index (κ2) is 4.07. The van der Waals surface area contributed by atoms with Gasteiger partial charge in [-0.1, -0.05) is 18.2 Å². The number of fused-ring (bicyclic) bond motifs is 1. The van der Waals surface area contributed by atoms with Gasteiger partial charge in [-0.05, 0) is 32.1 Å². The summed E-state index contributed by atoms with van der Waals surface area (Å²) in [6, 6.07) is 8.59. The second-order valence-corrected chi connectivity index (χ2v) is 4.34. The molecule has 0 bridgehead atoms. The van der Waals surface area contributed by atoms with Crippen molar-refractivity contribution in [1.29, 1.82) is 0 Å². The Morgan fingerprint density at radius 3 is 2.67 bits per heavy atom. The van der Waals surface area contributed by atoms with E-state index < -0.39 is 0 Å². The predicted molar refractivity (Wildman–Crippen MR) is 65.2 cm³/mol. The molecular formula is C13H18N2. The SMILES string of the molecule is CN(C)CCc1cn(C)c2ccccc12. The summed E-state index contributed by atoms with van der Waals surface area (Å²) in [7, 11) is 6.34. The van der Waals surface area contributed by atoms with Crippen LogP contribution in [0.25, 0.3) is 10.9 Å². The lowest BCUT2D eigenvalue weighted by molar-refractivity contribution is 0.414. The van der Waals surface area contributed by atoms with E-state index in [0.29, 0.717) is 0 Å². The maximum absolute atomic E-state index is 2.24. The van der Waals surface area contributed by atoms with E-state index in [0.717, 1.165) is 13.0 Å². The molecule has 1 aromatic heterocycles. The van der Waals surface area contributed by atoms with Crippen LogP contribution in [0.2, 0.25) is 0 Å². The zero-order chi connectivity index (χ0) is 10.8. The highest BCUT2D eigenvalue weighted by atomic mass is 15.0. The summed E-state index contributed by atoms with van der Waals surface area (Å²) in [4.78, 5) is 2.22. The molecular weight excluding hydrogens is 184 g/mol. The van der Waals surface area contributed by atoms with Gasteiger partial charge in [-0.15, -0.1) is 0 Å². The first kappa shape index (κ1) is 10.2. The van der Waals surface area contributed by atoms with Crippen LogP contribution in [-0.2, 0) is 13.5 Å². The summed E-state index contributed by atoms with van der Waals surface area (Å²) in [6.07, 6.45) is 3.36. The predicted octanol–water partition coefficient (Wildman–Crippen LogP) is 2.28. The standard InChI is InChI=1S/C13H18N2/c1-14(2)9-8-11-10-15(3)13-7-5-4-6-12(11)13/h4-7,10H,8-9H2,1-3H3. The Bertz CT molecular complexity index is 455. The third kappa shape index (κ3) is 2.05. The van der Waals surface area contributed by atoms with Crippen molar-refractivity contribution >= 4 is 10.9 Å². The van der Waals surface area contributed by atoms with E-state index in [1.54, 1.807) is 0 Å². The van der Waals surface area contributed by atoms with Gasteiger partial charge in [-0.25, -0.2) is 0 Å². The van der Waals surface area contributed by atoms with Crippen molar-refractivity contribution in [2.24, 2.45) is 7.05 Å². The van der Waals surface area contributed by atoms with E-state index in [1.165, 1.54) is 16.5 Å². The molecule has 0 saturated carbocycles. The maximum Gasteiger partial charge on any atom is 0.0480 e. The fourth-order valence-electron chi connectivity index (χ4n) is 1.97. The molecule has 0 saturated heterocycles. The molecule has 0 N–H and O–H groups in total. The number of likely N-dealkylation sites (N-methyl/N-ethyl adjacent to an activating group) is 1. The largest absolute Gasteiger partial charge is 0.350 e. The van der Waals surface area contributed by atoms with Crippen LogP contribution < -0.4 is 0 Å². The number of hydrogen-bond donors (Lipinski definition) is 0. The van der Waals surface area contributed by atoms with Crippen LogP contribution >= 0.6 is 0 Å². The van der Waals surface area contributed by atoms with Crippen LogP contribution in [0.1, 0.15) is 5.56 Å². The van der Waals surface area contributed by atoms with Crippen LogP contribution in [0, 0.1) is 0 Å². The Morgan fingerprint density at radius 1 is 1.20 bits per heavy atom. The molecule has 2 rings (SSSR count). The van der Waals surface area contributed by atoms with Gasteiger partial charge in [0.2, 0.25) is 0 Å². The number of rotatable bonds is 3. The normalized spacial score (nSPS) is 11.5.